The fourth-order valence-corrected chi connectivity index (χ4v) is 3.20. The van der Waals surface area contributed by atoms with E-state index in [0.717, 1.165) is 0 Å². The smallest absolute Gasteiger partial charge is 0.242 e. The van der Waals surface area contributed by atoms with E-state index in [4.69, 9.17) is 23.8 Å². The zero-order valence-corrected chi connectivity index (χ0v) is 12.0. The summed E-state index contributed by atoms with van der Waals surface area (Å²) in [5.74, 6) is 2.37. The third-order valence-corrected chi connectivity index (χ3v) is 4.46. The Bertz CT molecular complexity index is 616. The number of terminal acetylenes is 1. The summed E-state index contributed by atoms with van der Waals surface area (Å²) in [6, 6.07) is 2.83. The van der Waals surface area contributed by atoms with Gasteiger partial charge in [0.2, 0.25) is 10.0 Å². The van der Waals surface area contributed by atoms with E-state index >= 15 is 0 Å². The van der Waals surface area contributed by atoms with Crippen LogP contribution in [0, 0.1) is 19.3 Å². The van der Waals surface area contributed by atoms with Crippen LogP contribution in [0.15, 0.2) is 17.0 Å². The first-order valence-electron chi connectivity index (χ1n) is 5.16. The fraction of sp³-hybridized carbons (Fsp3) is 0.333. The molecule has 1 aromatic carbocycles. The van der Waals surface area contributed by atoms with Gasteiger partial charge in [-0.3, -0.25) is 0 Å². The molecule has 0 spiro atoms. The zero-order chi connectivity index (χ0) is 14.1. The summed E-state index contributed by atoms with van der Waals surface area (Å²) in [4.78, 5) is 0.0766. The molecule has 0 aliphatic carbocycles. The van der Waals surface area contributed by atoms with Crippen molar-refractivity contribution in [2.24, 2.45) is 0 Å². The van der Waals surface area contributed by atoms with Crippen LogP contribution in [-0.4, -0.2) is 14.0 Å². The van der Waals surface area contributed by atoms with E-state index < -0.39 is 15.6 Å². The Morgan fingerprint density at radius 1 is 1.44 bits per heavy atom. The predicted molar refractivity (Wildman–Crippen MR) is 73.8 cm³/mol. The molecule has 0 heterocycles. The summed E-state index contributed by atoms with van der Waals surface area (Å²) in [6.45, 7) is 4.83. The van der Waals surface area contributed by atoms with Gasteiger partial charge < -0.3 is 5.73 Å². The second-order valence-electron chi connectivity index (χ2n) is 4.51. The SMILES string of the molecule is C#CC(C)(C)NS(=O)(=O)c1cc(N)c(Cl)cc1C. The van der Waals surface area contributed by atoms with Crippen LogP contribution < -0.4 is 10.5 Å². The minimum Gasteiger partial charge on any atom is -0.397 e. The quantitative estimate of drug-likeness (QED) is 0.659. The molecule has 0 aliphatic rings. The number of hydrogen-bond acceptors (Lipinski definition) is 3. The first-order chi connectivity index (χ1) is 8.09. The first-order valence-corrected chi connectivity index (χ1v) is 7.02. The molecule has 0 saturated carbocycles. The van der Waals surface area contributed by atoms with Gasteiger partial charge in [-0.25, -0.2) is 8.42 Å². The summed E-state index contributed by atoms with van der Waals surface area (Å²) in [5, 5.41) is 0.322. The molecule has 0 unspecified atom stereocenters. The number of hydrogen-bond donors (Lipinski definition) is 2. The van der Waals surface area contributed by atoms with Gasteiger partial charge in [-0.05, 0) is 38.5 Å². The molecule has 1 aromatic rings. The van der Waals surface area contributed by atoms with Gasteiger partial charge in [0.25, 0.3) is 0 Å². The Morgan fingerprint density at radius 2 is 2.00 bits per heavy atom. The lowest BCUT2D eigenvalue weighted by Crippen LogP contribution is -2.42. The first kappa shape index (κ1) is 14.8. The fourth-order valence-electron chi connectivity index (χ4n) is 1.38. The molecule has 4 nitrogen and oxygen atoms in total. The zero-order valence-electron chi connectivity index (χ0n) is 10.4. The molecule has 1 rings (SSSR count). The highest BCUT2D eigenvalue weighted by Gasteiger charge is 2.26. The van der Waals surface area contributed by atoms with Crippen molar-refractivity contribution < 1.29 is 8.42 Å². The van der Waals surface area contributed by atoms with Crippen molar-refractivity contribution in [1.82, 2.24) is 4.72 Å². The largest absolute Gasteiger partial charge is 0.397 e. The standard InChI is InChI=1S/C12H15ClN2O2S/c1-5-12(3,4)15-18(16,17)11-7-10(14)9(13)6-8(11)2/h1,6-7,15H,14H2,2-4H3. The highest BCUT2D eigenvalue weighted by Crippen LogP contribution is 2.26. The van der Waals surface area contributed by atoms with E-state index in [-0.39, 0.29) is 10.6 Å². The summed E-state index contributed by atoms with van der Waals surface area (Å²) < 4.78 is 26.8. The monoisotopic (exact) mass is 286 g/mol. The Balaban J connectivity index is 3.31. The molecule has 0 bridgehead atoms. The average Bonchev–Trinajstić information content (AvgIpc) is 2.21. The van der Waals surface area contributed by atoms with Crippen molar-refractivity contribution in [3.8, 4) is 12.3 Å². The van der Waals surface area contributed by atoms with Crippen LogP contribution in [0.2, 0.25) is 5.02 Å². The van der Waals surface area contributed by atoms with E-state index in [1.807, 2.05) is 0 Å². The van der Waals surface area contributed by atoms with Crippen molar-refractivity contribution in [2.75, 3.05) is 5.73 Å². The molecule has 0 atom stereocenters. The molecule has 0 saturated heterocycles. The van der Waals surface area contributed by atoms with Gasteiger partial charge in [0.15, 0.2) is 0 Å². The van der Waals surface area contributed by atoms with Crippen molar-refractivity contribution in [2.45, 2.75) is 31.2 Å². The lowest BCUT2D eigenvalue weighted by Gasteiger charge is -2.20. The van der Waals surface area contributed by atoms with E-state index in [0.29, 0.717) is 10.6 Å². The van der Waals surface area contributed by atoms with Crippen LogP contribution in [0.3, 0.4) is 0 Å². The second-order valence-corrected chi connectivity index (χ2v) is 6.57. The van der Waals surface area contributed by atoms with Gasteiger partial charge in [-0.2, -0.15) is 4.72 Å². The van der Waals surface area contributed by atoms with E-state index in [1.165, 1.54) is 12.1 Å². The summed E-state index contributed by atoms with van der Waals surface area (Å²) in [6.07, 6.45) is 5.26. The number of halogens is 1. The number of aryl methyl sites for hydroxylation is 1. The van der Waals surface area contributed by atoms with Gasteiger partial charge in [0, 0.05) is 0 Å². The molecule has 0 aromatic heterocycles. The molecule has 3 N–H and O–H groups in total. The Labute approximate surface area is 113 Å². The second kappa shape index (κ2) is 4.81. The molecule has 0 radical (unpaired) electrons. The number of nitrogens with one attached hydrogen (secondary N) is 1. The van der Waals surface area contributed by atoms with Crippen LogP contribution in [0.25, 0.3) is 0 Å². The van der Waals surface area contributed by atoms with Crippen LogP contribution in [0.4, 0.5) is 5.69 Å². The molecular formula is C12H15ClN2O2S. The number of benzene rings is 1. The minimum atomic E-state index is -3.73. The lowest BCUT2D eigenvalue weighted by atomic mass is 10.1. The third-order valence-electron chi connectivity index (χ3n) is 2.33. The van der Waals surface area contributed by atoms with Crippen LogP contribution >= 0.6 is 11.6 Å². The van der Waals surface area contributed by atoms with Gasteiger partial charge in [0.1, 0.15) is 0 Å². The van der Waals surface area contributed by atoms with Crippen molar-refractivity contribution in [1.29, 1.82) is 0 Å². The van der Waals surface area contributed by atoms with Gasteiger partial charge in [-0.15, -0.1) is 6.42 Å². The molecule has 6 heteroatoms. The summed E-state index contributed by atoms with van der Waals surface area (Å²) >= 11 is 5.82. The highest BCUT2D eigenvalue weighted by atomic mass is 35.5. The number of sulfonamides is 1. The Morgan fingerprint density at radius 3 is 2.50 bits per heavy atom. The summed E-state index contributed by atoms with van der Waals surface area (Å²) in [5.41, 5.74) is 5.36. The average molecular weight is 287 g/mol. The van der Waals surface area contributed by atoms with Gasteiger partial charge in [-0.1, -0.05) is 17.5 Å². The molecular weight excluding hydrogens is 272 g/mol. The Hall–Kier alpha value is -1.22. The van der Waals surface area contributed by atoms with E-state index in [2.05, 4.69) is 10.6 Å². The number of nitrogens with two attached hydrogens (primary N) is 1. The normalized spacial score (nSPS) is 12.2. The molecule has 0 aliphatic heterocycles. The lowest BCUT2D eigenvalue weighted by molar-refractivity contribution is 0.538. The van der Waals surface area contributed by atoms with Gasteiger partial charge >= 0.3 is 0 Å². The van der Waals surface area contributed by atoms with Crippen LogP contribution in [-0.2, 0) is 10.0 Å². The maximum atomic E-state index is 12.2. The number of nitrogen functional groups attached to an aromatic ring is 1. The predicted octanol–water partition coefficient (Wildman–Crippen LogP) is 1.92. The van der Waals surface area contributed by atoms with Crippen molar-refractivity contribution >= 4 is 27.3 Å². The van der Waals surface area contributed by atoms with Crippen LogP contribution in [0.1, 0.15) is 19.4 Å². The third kappa shape index (κ3) is 3.16. The van der Waals surface area contributed by atoms with Crippen LogP contribution in [0.5, 0.6) is 0 Å². The molecule has 0 amide bonds. The van der Waals surface area contributed by atoms with Crippen molar-refractivity contribution in [3.05, 3.63) is 22.7 Å². The minimum absolute atomic E-state index is 0.0766. The maximum Gasteiger partial charge on any atom is 0.242 e. The molecule has 98 valence electrons. The molecule has 0 fully saturated rings. The van der Waals surface area contributed by atoms with E-state index in [1.54, 1.807) is 20.8 Å². The maximum absolute atomic E-state index is 12.2. The van der Waals surface area contributed by atoms with E-state index in [9.17, 15) is 8.42 Å². The number of anilines is 1. The Kier molecular flexibility index (Phi) is 3.96. The highest BCUT2D eigenvalue weighted by molar-refractivity contribution is 7.89. The number of rotatable bonds is 3. The molecule has 18 heavy (non-hydrogen) atoms. The van der Waals surface area contributed by atoms with Gasteiger partial charge in [0.05, 0.1) is 21.1 Å². The topological polar surface area (TPSA) is 72.2 Å². The summed E-state index contributed by atoms with van der Waals surface area (Å²) in [7, 11) is -3.73. The van der Waals surface area contributed by atoms with Crippen molar-refractivity contribution in [3.63, 3.8) is 0 Å².